The maximum atomic E-state index is 13.5. The lowest BCUT2D eigenvalue weighted by Gasteiger charge is -2.45. The van der Waals surface area contributed by atoms with Crippen LogP contribution in [0.25, 0.3) is 0 Å². The number of nitrogens with zero attached hydrogens (tertiary/aromatic N) is 1. The number of carbonyl (C=O) groups excluding carboxylic acids is 4. The van der Waals surface area contributed by atoms with Gasteiger partial charge in [-0.2, -0.15) is 0 Å². The number of rotatable bonds is 5. The Morgan fingerprint density at radius 2 is 1.25 bits per heavy atom. The number of anilines is 1. The van der Waals surface area contributed by atoms with Crippen LogP contribution < -0.4 is 5.32 Å². The molecule has 0 spiro atoms. The van der Waals surface area contributed by atoms with Gasteiger partial charge in [-0.05, 0) is 46.5 Å². The first-order chi connectivity index (χ1) is 17.4. The molecule has 0 aromatic heterocycles. The summed E-state index contributed by atoms with van der Waals surface area (Å²) in [6.07, 6.45) is 0. The van der Waals surface area contributed by atoms with Gasteiger partial charge in [-0.25, -0.2) is 0 Å². The second-order valence-electron chi connectivity index (χ2n) is 9.24. The molecular weight excluding hydrogens is 524 g/mol. The molecule has 3 amide bonds. The molecule has 2 atom stereocenters. The monoisotopic (exact) mass is 544 g/mol. The zero-order valence-electron chi connectivity index (χ0n) is 19.0. The summed E-state index contributed by atoms with van der Waals surface area (Å²) in [4.78, 5) is 52.8. The molecule has 3 aromatic rings. The molecule has 7 nitrogen and oxygen atoms in total. The number of hydrogen-bond donors (Lipinski definition) is 1. The summed E-state index contributed by atoms with van der Waals surface area (Å²) in [5.41, 5.74) is 4.83. The average molecular weight is 545 g/mol. The maximum absolute atomic E-state index is 13.5. The lowest BCUT2D eigenvalue weighted by atomic mass is 9.55. The van der Waals surface area contributed by atoms with Gasteiger partial charge in [0, 0.05) is 22.0 Å². The second kappa shape index (κ2) is 8.71. The molecule has 0 unspecified atom stereocenters. The van der Waals surface area contributed by atoms with Crippen molar-refractivity contribution in [2.75, 3.05) is 18.5 Å². The molecule has 180 valence electrons. The summed E-state index contributed by atoms with van der Waals surface area (Å²) in [7, 11) is 0. The van der Waals surface area contributed by atoms with Gasteiger partial charge >= 0.3 is 5.97 Å². The first-order valence-corrected chi connectivity index (χ1v) is 12.5. The van der Waals surface area contributed by atoms with Crippen LogP contribution >= 0.6 is 15.9 Å². The Morgan fingerprint density at radius 3 is 1.72 bits per heavy atom. The number of ether oxygens (including phenoxy) is 1. The summed E-state index contributed by atoms with van der Waals surface area (Å²) < 4.78 is 5.97. The van der Waals surface area contributed by atoms with E-state index in [9.17, 15) is 19.2 Å². The Morgan fingerprint density at radius 1 is 0.778 bits per heavy atom. The molecular formula is C28H21BrN2O5. The van der Waals surface area contributed by atoms with Crippen molar-refractivity contribution >= 4 is 45.3 Å². The first-order valence-electron chi connectivity index (χ1n) is 11.7. The summed E-state index contributed by atoms with van der Waals surface area (Å²) in [5, 5.41) is 2.63. The van der Waals surface area contributed by atoms with Crippen LogP contribution in [-0.4, -0.2) is 41.7 Å². The fraction of sp³-hybridized carbons (Fsp3) is 0.214. The molecule has 1 aliphatic heterocycles. The number of imide groups is 1. The number of likely N-dealkylation sites (tertiary alicyclic amines) is 1. The lowest BCUT2D eigenvalue weighted by molar-refractivity contribution is -0.154. The first kappa shape index (κ1) is 22.7. The third-order valence-corrected chi connectivity index (χ3v) is 7.85. The molecule has 1 heterocycles. The topological polar surface area (TPSA) is 92.8 Å². The highest BCUT2D eigenvalue weighted by Gasteiger charge is 2.61. The van der Waals surface area contributed by atoms with E-state index in [1.165, 1.54) is 0 Å². The SMILES string of the molecule is O=C(COC(=O)CN1C(=O)[C@@H]2C3c4ccccc4C(c4ccccc43)[C@H]2C1=O)Nc1ccc(Br)cc1. The van der Waals surface area contributed by atoms with E-state index < -0.39 is 36.9 Å². The smallest absolute Gasteiger partial charge is 0.326 e. The minimum Gasteiger partial charge on any atom is -0.454 e. The van der Waals surface area contributed by atoms with Crippen LogP contribution in [0.4, 0.5) is 5.69 Å². The zero-order valence-corrected chi connectivity index (χ0v) is 20.6. The minimum atomic E-state index is -0.802. The molecule has 0 radical (unpaired) electrons. The van der Waals surface area contributed by atoms with E-state index >= 15 is 0 Å². The van der Waals surface area contributed by atoms with Crippen molar-refractivity contribution in [1.82, 2.24) is 4.90 Å². The lowest BCUT2D eigenvalue weighted by Crippen LogP contribution is -2.41. The normalized spacial score (nSPS) is 23.1. The number of hydrogen-bond acceptors (Lipinski definition) is 5. The number of amides is 3. The number of nitrogens with one attached hydrogen (secondary N) is 1. The van der Waals surface area contributed by atoms with Gasteiger partial charge in [0.1, 0.15) is 6.54 Å². The molecule has 3 aromatic carbocycles. The minimum absolute atomic E-state index is 0.235. The van der Waals surface area contributed by atoms with E-state index in [0.29, 0.717) is 5.69 Å². The standard InChI is InChI=1S/C28H21BrN2O5/c29-15-9-11-16(12-10-15)30-21(32)14-36-22(33)13-31-27(34)25-23-17-5-1-2-6-18(17)24(26(25)28(31)35)20-8-4-3-7-19(20)23/h1-12,23-26H,13-14H2,(H,30,32)/t23?,24?,25-,26-/m1/s1. The van der Waals surface area contributed by atoms with Crippen molar-refractivity contribution in [3.8, 4) is 0 Å². The number of benzene rings is 3. The van der Waals surface area contributed by atoms with E-state index in [2.05, 4.69) is 21.2 Å². The molecule has 7 rings (SSSR count). The number of halogens is 1. The molecule has 1 N–H and O–H groups in total. The Bertz CT molecular complexity index is 1300. The van der Waals surface area contributed by atoms with Gasteiger partial charge in [-0.15, -0.1) is 0 Å². The van der Waals surface area contributed by atoms with Gasteiger partial charge < -0.3 is 10.1 Å². The molecule has 1 saturated heterocycles. The Labute approximate surface area is 215 Å². The van der Waals surface area contributed by atoms with Gasteiger partial charge in [0.25, 0.3) is 5.91 Å². The van der Waals surface area contributed by atoms with Gasteiger partial charge in [-0.1, -0.05) is 64.5 Å². The van der Waals surface area contributed by atoms with E-state index in [0.717, 1.165) is 31.6 Å². The molecule has 8 heteroatoms. The van der Waals surface area contributed by atoms with E-state index in [4.69, 9.17) is 4.74 Å². The fourth-order valence-electron chi connectivity index (χ4n) is 5.95. The van der Waals surface area contributed by atoms with Crippen LogP contribution in [0.5, 0.6) is 0 Å². The van der Waals surface area contributed by atoms with Gasteiger partial charge in [-0.3, -0.25) is 24.1 Å². The van der Waals surface area contributed by atoms with Crippen molar-refractivity contribution in [3.63, 3.8) is 0 Å². The molecule has 4 aliphatic rings. The van der Waals surface area contributed by atoms with Crippen LogP contribution in [0.3, 0.4) is 0 Å². The van der Waals surface area contributed by atoms with Gasteiger partial charge in [0.2, 0.25) is 11.8 Å². The van der Waals surface area contributed by atoms with Crippen LogP contribution in [-0.2, 0) is 23.9 Å². The predicted octanol–water partition coefficient (Wildman–Crippen LogP) is 3.82. The molecule has 36 heavy (non-hydrogen) atoms. The fourth-order valence-corrected chi connectivity index (χ4v) is 6.21. The zero-order chi connectivity index (χ0) is 25.0. The Hall–Kier alpha value is -3.78. The highest BCUT2D eigenvalue weighted by molar-refractivity contribution is 9.10. The summed E-state index contributed by atoms with van der Waals surface area (Å²) in [5.74, 6) is -3.61. The Kier molecular flexibility index (Phi) is 5.48. The third-order valence-electron chi connectivity index (χ3n) is 7.32. The van der Waals surface area contributed by atoms with Crippen molar-refractivity contribution in [3.05, 3.63) is 99.5 Å². The van der Waals surface area contributed by atoms with Crippen LogP contribution in [0.1, 0.15) is 34.1 Å². The van der Waals surface area contributed by atoms with Gasteiger partial charge in [0.05, 0.1) is 11.8 Å². The summed E-state index contributed by atoms with van der Waals surface area (Å²) >= 11 is 3.32. The average Bonchev–Trinajstić information content (AvgIpc) is 3.14. The number of esters is 1. The molecule has 0 saturated carbocycles. The van der Waals surface area contributed by atoms with E-state index in [1.54, 1.807) is 24.3 Å². The van der Waals surface area contributed by atoms with Crippen molar-refractivity contribution in [2.24, 2.45) is 11.8 Å². The van der Waals surface area contributed by atoms with Crippen LogP contribution in [0.2, 0.25) is 0 Å². The summed E-state index contributed by atoms with van der Waals surface area (Å²) in [6.45, 7) is -1.03. The molecule has 1 fully saturated rings. The molecule has 2 bridgehead atoms. The molecule has 3 aliphatic carbocycles. The van der Waals surface area contributed by atoms with Gasteiger partial charge in [0.15, 0.2) is 6.61 Å². The maximum Gasteiger partial charge on any atom is 0.326 e. The number of carbonyl (C=O) groups is 4. The largest absolute Gasteiger partial charge is 0.454 e. The quantitative estimate of drug-likeness (QED) is 0.389. The van der Waals surface area contributed by atoms with Crippen molar-refractivity contribution in [2.45, 2.75) is 11.8 Å². The van der Waals surface area contributed by atoms with Crippen molar-refractivity contribution in [1.29, 1.82) is 0 Å². The van der Waals surface area contributed by atoms with E-state index in [1.807, 2.05) is 48.5 Å². The summed E-state index contributed by atoms with van der Waals surface area (Å²) in [6, 6.07) is 22.9. The van der Waals surface area contributed by atoms with Crippen LogP contribution in [0, 0.1) is 11.8 Å². The van der Waals surface area contributed by atoms with Crippen LogP contribution in [0.15, 0.2) is 77.3 Å². The Balaban J connectivity index is 1.18. The van der Waals surface area contributed by atoms with E-state index in [-0.39, 0.29) is 23.7 Å². The predicted molar refractivity (Wildman–Crippen MR) is 134 cm³/mol. The van der Waals surface area contributed by atoms with Crippen molar-refractivity contribution < 1.29 is 23.9 Å². The highest BCUT2D eigenvalue weighted by atomic mass is 79.9. The third kappa shape index (κ3) is 3.55. The highest BCUT2D eigenvalue weighted by Crippen LogP contribution is 2.60. The second-order valence-corrected chi connectivity index (χ2v) is 10.2.